The molecular formula is C13H25N3O2. The van der Waals surface area contributed by atoms with Crippen LogP contribution in [-0.4, -0.2) is 67.2 Å². The zero-order chi connectivity index (χ0) is 13.2. The van der Waals surface area contributed by atoms with Crippen LogP contribution in [0.3, 0.4) is 0 Å². The van der Waals surface area contributed by atoms with Crippen molar-refractivity contribution in [2.24, 2.45) is 5.73 Å². The predicted octanol–water partition coefficient (Wildman–Crippen LogP) is 0.0469. The summed E-state index contributed by atoms with van der Waals surface area (Å²) in [6.45, 7) is 7.12. The Morgan fingerprint density at radius 2 is 1.94 bits per heavy atom. The van der Waals surface area contributed by atoms with Gasteiger partial charge in [0.2, 0.25) is 0 Å². The molecule has 1 saturated carbocycles. The molecule has 1 aliphatic carbocycles. The van der Waals surface area contributed by atoms with Crippen LogP contribution >= 0.6 is 0 Å². The zero-order valence-corrected chi connectivity index (χ0v) is 11.5. The van der Waals surface area contributed by atoms with Gasteiger partial charge in [-0.15, -0.1) is 0 Å². The molecule has 104 valence electrons. The zero-order valence-electron chi connectivity index (χ0n) is 11.5. The van der Waals surface area contributed by atoms with Crippen LogP contribution < -0.4 is 5.73 Å². The Balaban J connectivity index is 1.69. The van der Waals surface area contributed by atoms with Crippen molar-refractivity contribution in [2.75, 3.05) is 39.8 Å². The van der Waals surface area contributed by atoms with Crippen molar-refractivity contribution in [2.45, 2.75) is 37.8 Å². The summed E-state index contributed by atoms with van der Waals surface area (Å²) in [7, 11) is 1.39. The molecule has 1 heterocycles. The molecule has 18 heavy (non-hydrogen) atoms. The minimum Gasteiger partial charge on any atom is -0.468 e. The molecule has 0 aromatic rings. The lowest BCUT2D eigenvalue weighted by Crippen LogP contribution is -2.51. The molecular weight excluding hydrogens is 230 g/mol. The van der Waals surface area contributed by atoms with Crippen molar-refractivity contribution < 1.29 is 9.53 Å². The second kappa shape index (κ2) is 5.55. The molecule has 0 bridgehead atoms. The van der Waals surface area contributed by atoms with E-state index in [9.17, 15) is 4.79 Å². The Labute approximate surface area is 109 Å². The number of hydrogen-bond acceptors (Lipinski definition) is 5. The van der Waals surface area contributed by atoms with E-state index in [2.05, 4.69) is 9.80 Å². The topological polar surface area (TPSA) is 58.8 Å². The monoisotopic (exact) mass is 255 g/mol. The van der Waals surface area contributed by atoms with E-state index in [1.165, 1.54) is 20.0 Å². The van der Waals surface area contributed by atoms with E-state index in [1.54, 1.807) is 6.92 Å². The number of ether oxygens (including phenoxy) is 1. The molecule has 2 fully saturated rings. The van der Waals surface area contributed by atoms with Crippen molar-refractivity contribution in [3.63, 3.8) is 0 Å². The first-order chi connectivity index (χ1) is 8.53. The molecule has 0 spiro atoms. The summed E-state index contributed by atoms with van der Waals surface area (Å²) in [6, 6.07) is 0.863. The maximum absolute atomic E-state index is 11.5. The van der Waals surface area contributed by atoms with Gasteiger partial charge in [0.15, 0.2) is 0 Å². The van der Waals surface area contributed by atoms with Crippen LogP contribution in [0.2, 0.25) is 0 Å². The summed E-state index contributed by atoms with van der Waals surface area (Å²) >= 11 is 0. The maximum Gasteiger partial charge on any atom is 0.325 e. The van der Waals surface area contributed by atoms with E-state index in [-0.39, 0.29) is 5.97 Å². The first-order valence-corrected chi connectivity index (χ1v) is 6.86. The average Bonchev–Trinajstić information content (AvgIpc) is 3.20. The molecule has 0 aromatic heterocycles. The SMILES string of the molecule is COC(=O)C(C)(N)CCN1CCN(C2CC2)CC1. The summed E-state index contributed by atoms with van der Waals surface area (Å²) in [5, 5.41) is 0. The quantitative estimate of drug-likeness (QED) is 0.703. The van der Waals surface area contributed by atoms with Crippen LogP contribution in [0.1, 0.15) is 26.2 Å². The fourth-order valence-electron chi connectivity index (χ4n) is 2.52. The van der Waals surface area contributed by atoms with Gasteiger partial charge in [0, 0.05) is 38.8 Å². The fraction of sp³-hybridized carbons (Fsp3) is 0.923. The maximum atomic E-state index is 11.5. The smallest absolute Gasteiger partial charge is 0.325 e. The third kappa shape index (κ3) is 3.43. The van der Waals surface area contributed by atoms with Gasteiger partial charge in [0.05, 0.1) is 7.11 Å². The van der Waals surface area contributed by atoms with E-state index >= 15 is 0 Å². The molecule has 0 radical (unpaired) electrons. The van der Waals surface area contributed by atoms with Gasteiger partial charge in [-0.1, -0.05) is 0 Å². The second-order valence-corrected chi connectivity index (χ2v) is 5.77. The van der Waals surface area contributed by atoms with Crippen LogP contribution in [0.15, 0.2) is 0 Å². The molecule has 5 nitrogen and oxygen atoms in total. The molecule has 1 unspecified atom stereocenters. The minimum absolute atomic E-state index is 0.320. The lowest BCUT2D eigenvalue weighted by Gasteiger charge is -2.36. The Morgan fingerprint density at radius 1 is 1.33 bits per heavy atom. The van der Waals surface area contributed by atoms with E-state index in [1.807, 2.05) is 0 Å². The summed E-state index contributed by atoms with van der Waals surface area (Å²) in [4.78, 5) is 16.5. The third-order valence-corrected chi connectivity index (χ3v) is 4.07. The molecule has 5 heteroatoms. The van der Waals surface area contributed by atoms with Crippen molar-refractivity contribution in [3.05, 3.63) is 0 Å². The standard InChI is InChI=1S/C13H25N3O2/c1-13(14,12(17)18-2)5-6-15-7-9-16(10-8-15)11-3-4-11/h11H,3-10,14H2,1-2H3. The highest BCUT2D eigenvalue weighted by Crippen LogP contribution is 2.27. The van der Waals surface area contributed by atoms with Crippen molar-refractivity contribution >= 4 is 5.97 Å². The van der Waals surface area contributed by atoms with Gasteiger partial charge in [0.1, 0.15) is 5.54 Å². The predicted molar refractivity (Wildman–Crippen MR) is 70.3 cm³/mol. The second-order valence-electron chi connectivity index (χ2n) is 5.77. The van der Waals surface area contributed by atoms with Crippen molar-refractivity contribution in [3.8, 4) is 0 Å². The first kappa shape index (κ1) is 13.8. The van der Waals surface area contributed by atoms with Crippen LogP contribution in [0, 0.1) is 0 Å². The number of carbonyl (C=O) groups is 1. The average molecular weight is 255 g/mol. The van der Waals surface area contributed by atoms with E-state index in [0.29, 0.717) is 6.42 Å². The van der Waals surface area contributed by atoms with Gasteiger partial charge >= 0.3 is 5.97 Å². The summed E-state index contributed by atoms with van der Waals surface area (Å²) in [5.74, 6) is -0.320. The number of esters is 1. The van der Waals surface area contributed by atoms with Crippen LogP contribution in [-0.2, 0) is 9.53 Å². The summed E-state index contributed by atoms with van der Waals surface area (Å²) < 4.78 is 4.72. The number of piperazine rings is 1. The molecule has 1 aliphatic heterocycles. The van der Waals surface area contributed by atoms with Crippen molar-refractivity contribution in [1.29, 1.82) is 0 Å². The largest absolute Gasteiger partial charge is 0.468 e. The van der Waals surface area contributed by atoms with Gasteiger partial charge in [0.25, 0.3) is 0 Å². The Bertz CT molecular complexity index is 295. The number of nitrogens with two attached hydrogens (primary N) is 1. The van der Waals surface area contributed by atoms with Gasteiger partial charge < -0.3 is 15.4 Å². The summed E-state index contributed by atoms with van der Waals surface area (Å²) in [5.41, 5.74) is 5.10. The molecule has 0 aromatic carbocycles. The Hall–Kier alpha value is -0.650. The number of hydrogen-bond donors (Lipinski definition) is 1. The first-order valence-electron chi connectivity index (χ1n) is 6.86. The van der Waals surface area contributed by atoms with Gasteiger partial charge in [-0.3, -0.25) is 9.69 Å². The molecule has 2 N–H and O–H groups in total. The van der Waals surface area contributed by atoms with Gasteiger partial charge in [-0.2, -0.15) is 0 Å². The van der Waals surface area contributed by atoms with Crippen LogP contribution in [0.4, 0.5) is 0 Å². The molecule has 0 amide bonds. The molecule has 2 aliphatic rings. The Kier molecular flexibility index (Phi) is 4.25. The number of methoxy groups -OCH3 is 1. The number of nitrogens with zero attached hydrogens (tertiary/aromatic N) is 2. The van der Waals surface area contributed by atoms with E-state index in [0.717, 1.165) is 38.8 Å². The number of rotatable bonds is 5. The fourth-order valence-corrected chi connectivity index (χ4v) is 2.52. The van der Waals surface area contributed by atoms with Gasteiger partial charge in [-0.25, -0.2) is 0 Å². The van der Waals surface area contributed by atoms with E-state index < -0.39 is 5.54 Å². The Morgan fingerprint density at radius 3 is 2.44 bits per heavy atom. The highest BCUT2D eigenvalue weighted by Gasteiger charge is 2.33. The molecule has 1 atom stereocenters. The van der Waals surface area contributed by atoms with E-state index in [4.69, 9.17) is 10.5 Å². The third-order valence-electron chi connectivity index (χ3n) is 4.07. The lowest BCUT2D eigenvalue weighted by atomic mass is 9.99. The van der Waals surface area contributed by atoms with Crippen LogP contribution in [0.5, 0.6) is 0 Å². The molecule has 1 saturated heterocycles. The highest BCUT2D eigenvalue weighted by molar-refractivity contribution is 5.79. The molecule has 2 rings (SSSR count). The van der Waals surface area contributed by atoms with Crippen molar-refractivity contribution in [1.82, 2.24) is 9.80 Å². The normalized spacial score (nSPS) is 25.7. The minimum atomic E-state index is -0.859. The summed E-state index contributed by atoms with van der Waals surface area (Å²) in [6.07, 6.45) is 3.41. The van der Waals surface area contributed by atoms with Crippen LogP contribution in [0.25, 0.3) is 0 Å². The highest BCUT2D eigenvalue weighted by atomic mass is 16.5. The number of carbonyl (C=O) groups excluding carboxylic acids is 1. The lowest BCUT2D eigenvalue weighted by molar-refractivity contribution is -0.146. The van der Waals surface area contributed by atoms with Gasteiger partial charge in [-0.05, 0) is 26.2 Å².